The predicted octanol–water partition coefficient (Wildman–Crippen LogP) is 2.76. The summed E-state index contributed by atoms with van der Waals surface area (Å²) in [5, 5.41) is 10.7. The van der Waals surface area contributed by atoms with Gasteiger partial charge in [-0.1, -0.05) is 22.4 Å². The van der Waals surface area contributed by atoms with Crippen LogP contribution in [0.1, 0.15) is 45.7 Å². The largest absolute Gasteiger partial charge is 0.351 e. The number of nitrogens with one attached hydrogen (secondary N) is 1. The van der Waals surface area contributed by atoms with Crippen molar-refractivity contribution >= 4 is 5.91 Å². The summed E-state index contributed by atoms with van der Waals surface area (Å²) in [6, 6.07) is 7.63. The molecule has 122 valence electrons. The number of carbonyl (C=O) groups is 1. The van der Waals surface area contributed by atoms with Crippen LogP contribution in [0.2, 0.25) is 0 Å². The second-order valence-electron chi connectivity index (χ2n) is 5.95. The van der Waals surface area contributed by atoms with E-state index in [4.69, 9.17) is 9.05 Å². The minimum absolute atomic E-state index is 0.0287. The Bertz CT molecular complexity index is 912. The lowest BCUT2D eigenvalue weighted by molar-refractivity contribution is 0.0899. The Morgan fingerprint density at radius 1 is 1.21 bits per heavy atom. The van der Waals surface area contributed by atoms with Crippen molar-refractivity contribution in [1.82, 2.24) is 20.6 Å². The first-order valence-electron chi connectivity index (χ1n) is 7.78. The van der Waals surface area contributed by atoms with Gasteiger partial charge < -0.3 is 14.4 Å². The minimum Gasteiger partial charge on any atom is -0.351 e. The SMILES string of the molecule is Cc1cc(C(=O)NC2CCc3cc(-c4noc(C)n4)ccc32)on1. The van der Waals surface area contributed by atoms with Crippen LogP contribution in [0.5, 0.6) is 0 Å². The molecule has 1 aromatic carbocycles. The highest BCUT2D eigenvalue weighted by Crippen LogP contribution is 2.33. The zero-order valence-corrected chi connectivity index (χ0v) is 13.4. The molecule has 0 saturated heterocycles. The molecule has 2 aromatic heterocycles. The van der Waals surface area contributed by atoms with E-state index in [0.717, 1.165) is 24.0 Å². The van der Waals surface area contributed by atoms with Crippen LogP contribution < -0.4 is 5.32 Å². The van der Waals surface area contributed by atoms with Gasteiger partial charge in [0.2, 0.25) is 17.5 Å². The first-order chi connectivity index (χ1) is 11.6. The van der Waals surface area contributed by atoms with E-state index in [2.05, 4.69) is 26.7 Å². The Labute approximate surface area is 138 Å². The summed E-state index contributed by atoms with van der Waals surface area (Å²) in [6.45, 7) is 3.55. The molecular weight excluding hydrogens is 308 g/mol. The maximum atomic E-state index is 12.2. The number of benzene rings is 1. The number of hydrogen-bond acceptors (Lipinski definition) is 6. The third-order valence-corrected chi connectivity index (χ3v) is 4.16. The number of rotatable bonds is 3. The lowest BCUT2D eigenvalue weighted by Gasteiger charge is -2.13. The summed E-state index contributed by atoms with van der Waals surface area (Å²) in [4.78, 5) is 16.5. The molecule has 1 amide bonds. The van der Waals surface area contributed by atoms with Crippen molar-refractivity contribution in [3.63, 3.8) is 0 Å². The van der Waals surface area contributed by atoms with Gasteiger partial charge in [-0.3, -0.25) is 4.79 Å². The maximum absolute atomic E-state index is 12.2. The second kappa shape index (κ2) is 5.59. The highest BCUT2D eigenvalue weighted by molar-refractivity contribution is 5.91. The number of carbonyl (C=O) groups excluding carboxylic acids is 1. The number of amides is 1. The van der Waals surface area contributed by atoms with Crippen molar-refractivity contribution in [2.45, 2.75) is 32.7 Å². The number of aryl methyl sites for hydroxylation is 3. The molecule has 1 N–H and O–H groups in total. The van der Waals surface area contributed by atoms with E-state index in [1.807, 2.05) is 12.1 Å². The Kier molecular flexibility index (Phi) is 3.41. The predicted molar refractivity (Wildman–Crippen MR) is 84.2 cm³/mol. The van der Waals surface area contributed by atoms with Gasteiger partial charge in [0.25, 0.3) is 5.91 Å². The molecule has 4 rings (SSSR count). The van der Waals surface area contributed by atoms with Crippen LogP contribution in [-0.4, -0.2) is 21.2 Å². The molecule has 0 aliphatic heterocycles. The van der Waals surface area contributed by atoms with Crippen LogP contribution in [-0.2, 0) is 6.42 Å². The Balaban J connectivity index is 1.55. The van der Waals surface area contributed by atoms with E-state index in [1.165, 1.54) is 5.56 Å². The Morgan fingerprint density at radius 3 is 2.79 bits per heavy atom. The zero-order chi connectivity index (χ0) is 16.7. The molecule has 0 fully saturated rings. The molecule has 0 spiro atoms. The van der Waals surface area contributed by atoms with Gasteiger partial charge in [0.1, 0.15) is 0 Å². The fourth-order valence-corrected chi connectivity index (χ4v) is 3.02. The minimum atomic E-state index is -0.244. The normalized spacial score (nSPS) is 16.2. The number of hydrogen-bond donors (Lipinski definition) is 1. The van der Waals surface area contributed by atoms with E-state index >= 15 is 0 Å². The summed E-state index contributed by atoms with van der Waals surface area (Å²) in [6.07, 6.45) is 1.74. The van der Waals surface area contributed by atoms with Gasteiger partial charge in [0, 0.05) is 18.6 Å². The van der Waals surface area contributed by atoms with Crippen LogP contribution in [0, 0.1) is 13.8 Å². The molecule has 1 aliphatic carbocycles. The van der Waals surface area contributed by atoms with Crippen molar-refractivity contribution in [2.24, 2.45) is 0 Å². The Morgan fingerprint density at radius 2 is 2.08 bits per heavy atom. The average Bonchev–Trinajstić information content (AvgIpc) is 3.28. The van der Waals surface area contributed by atoms with Crippen molar-refractivity contribution in [1.29, 1.82) is 0 Å². The van der Waals surface area contributed by atoms with Crippen LogP contribution in [0.15, 0.2) is 33.3 Å². The van der Waals surface area contributed by atoms with E-state index in [9.17, 15) is 4.79 Å². The third-order valence-electron chi connectivity index (χ3n) is 4.16. The standard InChI is InChI=1S/C17H16N4O3/c1-9-7-15(24-20-9)17(22)19-14-6-4-11-8-12(3-5-13(11)14)16-18-10(2)23-21-16/h3,5,7-8,14H,4,6H2,1-2H3,(H,19,22). The van der Waals surface area contributed by atoms with Gasteiger partial charge in [0.05, 0.1) is 11.7 Å². The van der Waals surface area contributed by atoms with Crippen molar-refractivity contribution in [3.8, 4) is 11.4 Å². The van der Waals surface area contributed by atoms with E-state index < -0.39 is 0 Å². The Hall–Kier alpha value is -2.96. The summed E-state index contributed by atoms with van der Waals surface area (Å²) >= 11 is 0. The quantitative estimate of drug-likeness (QED) is 0.796. The van der Waals surface area contributed by atoms with Crippen molar-refractivity contribution in [3.05, 3.63) is 52.7 Å². The third kappa shape index (κ3) is 2.58. The fraction of sp³-hybridized carbons (Fsp3) is 0.294. The average molecular weight is 324 g/mol. The van der Waals surface area contributed by atoms with Gasteiger partial charge in [-0.2, -0.15) is 4.98 Å². The van der Waals surface area contributed by atoms with Gasteiger partial charge in [-0.15, -0.1) is 0 Å². The molecular formula is C17H16N4O3. The lowest BCUT2D eigenvalue weighted by atomic mass is 10.0. The molecule has 7 nitrogen and oxygen atoms in total. The van der Waals surface area contributed by atoms with Crippen LogP contribution >= 0.6 is 0 Å². The highest BCUT2D eigenvalue weighted by atomic mass is 16.5. The molecule has 24 heavy (non-hydrogen) atoms. The van der Waals surface area contributed by atoms with E-state index in [1.54, 1.807) is 19.9 Å². The summed E-state index contributed by atoms with van der Waals surface area (Å²) < 4.78 is 10.0. The number of fused-ring (bicyclic) bond motifs is 1. The topological polar surface area (TPSA) is 94.1 Å². The van der Waals surface area contributed by atoms with Crippen LogP contribution in [0.3, 0.4) is 0 Å². The monoisotopic (exact) mass is 324 g/mol. The zero-order valence-electron chi connectivity index (χ0n) is 13.4. The number of aromatic nitrogens is 3. The highest BCUT2D eigenvalue weighted by Gasteiger charge is 2.26. The molecule has 0 saturated carbocycles. The van der Waals surface area contributed by atoms with Gasteiger partial charge >= 0.3 is 0 Å². The van der Waals surface area contributed by atoms with Crippen LogP contribution in [0.4, 0.5) is 0 Å². The molecule has 2 heterocycles. The first kappa shape index (κ1) is 14.6. The lowest BCUT2D eigenvalue weighted by Crippen LogP contribution is -2.26. The number of nitrogens with zero attached hydrogens (tertiary/aromatic N) is 3. The molecule has 7 heteroatoms. The maximum Gasteiger partial charge on any atom is 0.290 e. The first-order valence-corrected chi connectivity index (χ1v) is 7.78. The summed E-state index contributed by atoms with van der Waals surface area (Å²) in [5.41, 5.74) is 3.91. The summed E-state index contributed by atoms with van der Waals surface area (Å²) in [5.74, 6) is 1.11. The fourth-order valence-electron chi connectivity index (χ4n) is 3.02. The van der Waals surface area contributed by atoms with E-state index in [-0.39, 0.29) is 17.7 Å². The molecule has 0 radical (unpaired) electrons. The van der Waals surface area contributed by atoms with E-state index in [0.29, 0.717) is 17.4 Å². The van der Waals surface area contributed by atoms with Gasteiger partial charge in [-0.05, 0) is 37.0 Å². The van der Waals surface area contributed by atoms with Crippen molar-refractivity contribution in [2.75, 3.05) is 0 Å². The van der Waals surface area contributed by atoms with Crippen LogP contribution in [0.25, 0.3) is 11.4 Å². The van der Waals surface area contributed by atoms with Gasteiger partial charge in [-0.25, -0.2) is 0 Å². The molecule has 1 aliphatic rings. The molecule has 1 atom stereocenters. The van der Waals surface area contributed by atoms with Gasteiger partial charge in [0.15, 0.2) is 0 Å². The summed E-state index contributed by atoms with van der Waals surface area (Å²) in [7, 11) is 0. The molecule has 1 unspecified atom stereocenters. The molecule has 3 aromatic rings. The van der Waals surface area contributed by atoms with Crippen molar-refractivity contribution < 1.29 is 13.8 Å². The second-order valence-corrected chi connectivity index (χ2v) is 5.95. The smallest absolute Gasteiger partial charge is 0.290 e. The molecule has 0 bridgehead atoms.